The van der Waals surface area contributed by atoms with Crippen LogP contribution in [0, 0.1) is 0 Å². The maximum absolute atomic E-state index is 12.2. The predicted molar refractivity (Wildman–Crippen MR) is 67.6 cm³/mol. The lowest BCUT2D eigenvalue weighted by atomic mass is 10.1. The van der Waals surface area contributed by atoms with Crippen LogP contribution in [0.25, 0.3) is 0 Å². The number of rotatable bonds is 5. The van der Waals surface area contributed by atoms with Crippen molar-refractivity contribution < 1.29 is 20.1 Å². The zero-order valence-electron chi connectivity index (χ0n) is 10.6. The molecule has 0 radical (unpaired) electrons. The number of nitrogens with zero attached hydrogens (tertiary/aromatic N) is 1. The molecule has 0 aliphatic rings. The van der Waals surface area contributed by atoms with E-state index in [1.165, 1.54) is 18.2 Å². The molecule has 1 amide bonds. The van der Waals surface area contributed by atoms with Crippen molar-refractivity contribution in [3.8, 4) is 11.5 Å². The quantitative estimate of drug-likeness (QED) is 0.691. The van der Waals surface area contributed by atoms with Gasteiger partial charge in [0.1, 0.15) is 0 Å². The number of amides is 1. The molecule has 5 heteroatoms. The zero-order valence-corrected chi connectivity index (χ0v) is 10.6. The molecule has 1 aromatic rings. The average Bonchev–Trinajstić information content (AvgIpc) is 2.32. The van der Waals surface area contributed by atoms with Crippen LogP contribution in [0.2, 0.25) is 0 Å². The van der Waals surface area contributed by atoms with Crippen LogP contribution in [-0.4, -0.2) is 45.3 Å². The van der Waals surface area contributed by atoms with Gasteiger partial charge in [-0.15, -0.1) is 0 Å². The van der Waals surface area contributed by atoms with E-state index in [2.05, 4.69) is 0 Å². The molecule has 5 nitrogen and oxygen atoms in total. The smallest absolute Gasteiger partial charge is 0.257 e. The van der Waals surface area contributed by atoms with Crippen molar-refractivity contribution in [1.82, 2.24) is 4.90 Å². The normalized spacial score (nSPS) is 10.7. The Morgan fingerprint density at radius 2 is 2.00 bits per heavy atom. The molecule has 18 heavy (non-hydrogen) atoms. The summed E-state index contributed by atoms with van der Waals surface area (Å²) in [4.78, 5) is 13.8. The number of hydrogen-bond donors (Lipinski definition) is 3. The molecular weight excluding hydrogens is 234 g/mol. The highest BCUT2D eigenvalue weighted by Crippen LogP contribution is 2.29. The highest BCUT2D eigenvalue weighted by Gasteiger charge is 2.22. The van der Waals surface area contributed by atoms with Crippen LogP contribution in [0.3, 0.4) is 0 Å². The molecule has 1 aromatic carbocycles. The first-order valence-corrected chi connectivity index (χ1v) is 5.91. The number of carbonyl (C=O) groups is 1. The molecular formula is C13H19NO4. The number of aromatic hydroxyl groups is 2. The highest BCUT2D eigenvalue weighted by molar-refractivity contribution is 5.97. The second-order valence-corrected chi connectivity index (χ2v) is 4.34. The third-order valence-electron chi connectivity index (χ3n) is 2.69. The molecule has 0 atom stereocenters. The topological polar surface area (TPSA) is 81.0 Å². The molecule has 0 bridgehead atoms. The molecule has 0 saturated carbocycles. The summed E-state index contributed by atoms with van der Waals surface area (Å²) in [7, 11) is 0. The summed E-state index contributed by atoms with van der Waals surface area (Å²) in [5.74, 6) is -1.07. The van der Waals surface area contributed by atoms with E-state index >= 15 is 0 Å². The average molecular weight is 253 g/mol. The molecule has 0 spiro atoms. The summed E-state index contributed by atoms with van der Waals surface area (Å²) in [6.07, 6.45) is 0.476. The van der Waals surface area contributed by atoms with Crippen LogP contribution < -0.4 is 0 Å². The van der Waals surface area contributed by atoms with Gasteiger partial charge >= 0.3 is 0 Å². The van der Waals surface area contributed by atoms with Gasteiger partial charge in [-0.1, -0.05) is 6.07 Å². The van der Waals surface area contributed by atoms with E-state index in [1.807, 2.05) is 13.8 Å². The number of hydrogen-bond acceptors (Lipinski definition) is 4. The fourth-order valence-electron chi connectivity index (χ4n) is 1.69. The molecule has 0 fully saturated rings. The van der Waals surface area contributed by atoms with Gasteiger partial charge in [0, 0.05) is 19.2 Å². The number of phenolic OH excluding ortho intramolecular Hbond substituents is 2. The summed E-state index contributed by atoms with van der Waals surface area (Å²) < 4.78 is 0. The van der Waals surface area contributed by atoms with Crippen molar-refractivity contribution in [2.75, 3.05) is 13.2 Å². The summed E-state index contributed by atoms with van der Waals surface area (Å²) in [6.45, 7) is 4.12. The van der Waals surface area contributed by atoms with Gasteiger partial charge in [0.15, 0.2) is 11.5 Å². The molecule has 0 unspecified atom stereocenters. The van der Waals surface area contributed by atoms with Gasteiger partial charge in [0.05, 0.1) is 5.56 Å². The minimum absolute atomic E-state index is 0.00250. The SMILES string of the molecule is CC(C)N(CCCO)C(=O)c1cccc(O)c1O. The summed E-state index contributed by atoms with van der Waals surface area (Å²) in [5.41, 5.74) is 0.0710. The van der Waals surface area contributed by atoms with Crippen molar-refractivity contribution in [3.63, 3.8) is 0 Å². The lowest BCUT2D eigenvalue weighted by molar-refractivity contribution is 0.0689. The Bertz CT molecular complexity index is 417. The van der Waals surface area contributed by atoms with E-state index in [0.717, 1.165) is 0 Å². The molecule has 0 saturated heterocycles. The number of para-hydroxylation sites is 1. The standard InChI is InChI=1S/C13H19NO4/c1-9(2)14(7-4-8-15)13(18)10-5-3-6-11(16)12(10)17/h3,5-6,9,15-17H,4,7-8H2,1-2H3. The number of aliphatic hydroxyl groups is 1. The van der Waals surface area contributed by atoms with E-state index < -0.39 is 5.75 Å². The van der Waals surface area contributed by atoms with Gasteiger partial charge in [0.2, 0.25) is 0 Å². The Morgan fingerprint density at radius 1 is 1.33 bits per heavy atom. The van der Waals surface area contributed by atoms with Crippen molar-refractivity contribution >= 4 is 5.91 Å². The number of benzene rings is 1. The Hall–Kier alpha value is -1.75. The lowest BCUT2D eigenvalue weighted by Gasteiger charge is -2.27. The fraction of sp³-hybridized carbons (Fsp3) is 0.462. The minimum Gasteiger partial charge on any atom is -0.504 e. The van der Waals surface area contributed by atoms with Crippen LogP contribution in [-0.2, 0) is 0 Å². The number of phenols is 2. The van der Waals surface area contributed by atoms with Crippen molar-refractivity contribution in [1.29, 1.82) is 0 Å². The predicted octanol–water partition coefficient (Wildman–Crippen LogP) is 1.33. The van der Waals surface area contributed by atoms with E-state index in [1.54, 1.807) is 4.90 Å². The highest BCUT2D eigenvalue weighted by atomic mass is 16.3. The first-order chi connectivity index (χ1) is 8.49. The van der Waals surface area contributed by atoms with Crippen LogP contribution >= 0.6 is 0 Å². The van der Waals surface area contributed by atoms with E-state index in [4.69, 9.17) is 5.11 Å². The number of carbonyl (C=O) groups excluding carboxylic acids is 1. The largest absolute Gasteiger partial charge is 0.504 e. The van der Waals surface area contributed by atoms with Crippen molar-refractivity contribution in [3.05, 3.63) is 23.8 Å². The Morgan fingerprint density at radius 3 is 2.56 bits per heavy atom. The van der Waals surface area contributed by atoms with E-state index in [0.29, 0.717) is 13.0 Å². The second-order valence-electron chi connectivity index (χ2n) is 4.34. The van der Waals surface area contributed by atoms with Crippen molar-refractivity contribution in [2.45, 2.75) is 26.3 Å². The summed E-state index contributed by atoms with van der Waals surface area (Å²) >= 11 is 0. The Balaban J connectivity index is 2.98. The maximum Gasteiger partial charge on any atom is 0.257 e. The van der Waals surface area contributed by atoms with Crippen LogP contribution in [0.15, 0.2) is 18.2 Å². The molecule has 100 valence electrons. The minimum atomic E-state index is -0.405. The fourth-order valence-corrected chi connectivity index (χ4v) is 1.69. The molecule has 1 rings (SSSR count). The van der Waals surface area contributed by atoms with Gasteiger partial charge in [-0.25, -0.2) is 0 Å². The zero-order chi connectivity index (χ0) is 13.7. The Labute approximate surface area is 106 Å². The van der Waals surface area contributed by atoms with Crippen LogP contribution in [0.4, 0.5) is 0 Å². The molecule has 0 aromatic heterocycles. The van der Waals surface area contributed by atoms with Crippen molar-refractivity contribution in [2.24, 2.45) is 0 Å². The maximum atomic E-state index is 12.2. The lowest BCUT2D eigenvalue weighted by Crippen LogP contribution is -2.38. The Kier molecular flexibility index (Phi) is 4.97. The molecule has 0 aliphatic carbocycles. The van der Waals surface area contributed by atoms with Gasteiger partial charge in [0.25, 0.3) is 5.91 Å². The van der Waals surface area contributed by atoms with Gasteiger partial charge in [-0.3, -0.25) is 4.79 Å². The third-order valence-corrected chi connectivity index (χ3v) is 2.69. The van der Waals surface area contributed by atoms with E-state index in [-0.39, 0.29) is 29.9 Å². The van der Waals surface area contributed by atoms with Crippen LogP contribution in [0.1, 0.15) is 30.6 Å². The molecule has 0 heterocycles. The monoisotopic (exact) mass is 253 g/mol. The molecule has 3 N–H and O–H groups in total. The first-order valence-electron chi connectivity index (χ1n) is 5.91. The molecule has 0 aliphatic heterocycles. The van der Waals surface area contributed by atoms with Gasteiger partial charge in [-0.05, 0) is 32.4 Å². The van der Waals surface area contributed by atoms with Gasteiger partial charge < -0.3 is 20.2 Å². The van der Waals surface area contributed by atoms with Gasteiger partial charge in [-0.2, -0.15) is 0 Å². The van der Waals surface area contributed by atoms with E-state index in [9.17, 15) is 15.0 Å². The number of aliphatic hydroxyl groups excluding tert-OH is 1. The van der Waals surface area contributed by atoms with Crippen LogP contribution in [0.5, 0.6) is 11.5 Å². The summed E-state index contributed by atoms with van der Waals surface area (Å²) in [5, 5.41) is 27.9. The third kappa shape index (κ3) is 3.13. The second kappa shape index (κ2) is 6.26. The first kappa shape index (κ1) is 14.3. The summed E-state index contributed by atoms with van der Waals surface area (Å²) in [6, 6.07) is 4.24.